The lowest BCUT2D eigenvalue weighted by atomic mass is 9.70. The van der Waals surface area contributed by atoms with Crippen molar-refractivity contribution in [2.24, 2.45) is 17.1 Å². The van der Waals surface area contributed by atoms with Crippen LogP contribution in [0.1, 0.15) is 22.5 Å². The van der Waals surface area contributed by atoms with Crippen LogP contribution in [0.25, 0.3) is 0 Å². The summed E-state index contributed by atoms with van der Waals surface area (Å²) in [7, 11) is 0. The molecule has 0 bridgehead atoms. The standard InChI is InChI=1S/C14H18N4O3S/c15-12(20)10-6-18(13(21)11-5-16-8-22-11)7-14(10)1-3-17(9-19)4-2-14/h5,8-10H,1-4,6-7H2,(H2,15,20). The first-order chi connectivity index (χ1) is 10.6. The van der Waals surface area contributed by atoms with Gasteiger partial charge in [0.2, 0.25) is 12.3 Å². The molecule has 2 saturated heterocycles. The Kier molecular flexibility index (Phi) is 3.86. The summed E-state index contributed by atoms with van der Waals surface area (Å²) in [5.74, 6) is -0.805. The molecule has 0 radical (unpaired) electrons. The summed E-state index contributed by atoms with van der Waals surface area (Å²) < 4.78 is 0. The van der Waals surface area contributed by atoms with Crippen LogP contribution in [0, 0.1) is 11.3 Å². The maximum Gasteiger partial charge on any atom is 0.265 e. The van der Waals surface area contributed by atoms with Crippen molar-refractivity contribution >= 4 is 29.6 Å². The molecule has 2 aliphatic heterocycles. The van der Waals surface area contributed by atoms with Crippen LogP contribution < -0.4 is 5.73 Å². The number of nitrogens with two attached hydrogens (primary N) is 1. The molecule has 8 heteroatoms. The molecule has 0 saturated carbocycles. The van der Waals surface area contributed by atoms with E-state index < -0.39 is 0 Å². The highest BCUT2D eigenvalue weighted by Crippen LogP contribution is 2.44. The number of aromatic nitrogens is 1. The second-order valence-electron chi connectivity index (χ2n) is 6.01. The van der Waals surface area contributed by atoms with E-state index in [-0.39, 0.29) is 23.1 Å². The van der Waals surface area contributed by atoms with Gasteiger partial charge in [-0.2, -0.15) is 0 Å². The number of carbonyl (C=O) groups excluding carboxylic acids is 3. The zero-order valence-corrected chi connectivity index (χ0v) is 12.9. The summed E-state index contributed by atoms with van der Waals surface area (Å²) in [5, 5.41) is 0. The molecular weight excluding hydrogens is 304 g/mol. The van der Waals surface area contributed by atoms with E-state index in [1.54, 1.807) is 21.5 Å². The second-order valence-corrected chi connectivity index (χ2v) is 6.90. The largest absolute Gasteiger partial charge is 0.369 e. The number of hydrogen-bond acceptors (Lipinski definition) is 5. The summed E-state index contributed by atoms with van der Waals surface area (Å²) in [6, 6.07) is 0. The normalized spacial score (nSPS) is 23.7. The monoisotopic (exact) mass is 322 g/mol. The summed E-state index contributed by atoms with van der Waals surface area (Å²) in [6.45, 7) is 2.09. The van der Waals surface area contributed by atoms with Crippen LogP contribution in [0.5, 0.6) is 0 Å². The van der Waals surface area contributed by atoms with Crippen LogP contribution >= 0.6 is 11.3 Å². The van der Waals surface area contributed by atoms with Crippen molar-refractivity contribution in [2.75, 3.05) is 26.2 Å². The van der Waals surface area contributed by atoms with Gasteiger partial charge in [-0.25, -0.2) is 0 Å². The minimum absolute atomic E-state index is 0.0940. The molecule has 118 valence electrons. The Labute approximate surface area is 132 Å². The van der Waals surface area contributed by atoms with Crippen LogP contribution in [-0.2, 0) is 9.59 Å². The first-order valence-electron chi connectivity index (χ1n) is 7.22. The third-order valence-electron chi connectivity index (χ3n) is 4.86. The minimum atomic E-state index is -0.362. The zero-order chi connectivity index (χ0) is 15.7. The highest BCUT2D eigenvalue weighted by atomic mass is 32.1. The van der Waals surface area contributed by atoms with E-state index in [4.69, 9.17) is 5.73 Å². The molecule has 2 aliphatic rings. The molecule has 1 spiro atoms. The Morgan fingerprint density at radius 2 is 2.14 bits per heavy atom. The van der Waals surface area contributed by atoms with E-state index in [9.17, 15) is 14.4 Å². The number of hydrogen-bond donors (Lipinski definition) is 1. The average molecular weight is 322 g/mol. The molecule has 22 heavy (non-hydrogen) atoms. The Bertz CT molecular complexity index is 581. The van der Waals surface area contributed by atoms with Gasteiger partial charge in [0.05, 0.1) is 17.6 Å². The summed E-state index contributed by atoms with van der Waals surface area (Å²) in [6.07, 6.45) is 3.78. The molecule has 2 fully saturated rings. The zero-order valence-electron chi connectivity index (χ0n) is 12.1. The number of amides is 3. The molecule has 1 unspecified atom stereocenters. The lowest BCUT2D eigenvalue weighted by molar-refractivity contribution is -0.126. The van der Waals surface area contributed by atoms with Gasteiger partial charge >= 0.3 is 0 Å². The van der Waals surface area contributed by atoms with E-state index in [0.717, 1.165) is 6.41 Å². The van der Waals surface area contributed by atoms with Gasteiger partial charge in [0, 0.05) is 31.6 Å². The number of primary amides is 1. The molecule has 2 N–H and O–H groups in total. The van der Waals surface area contributed by atoms with Gasteiger partial charge in [0.15, 0.2) is 0 Å². The Morgan fingerprint density at radius 1 is 1.41 bits per heavy atom. The summed E-state index contributed by atoms with van der Waals surface area (Å²) in [4.78, 5) is 43.2. The molecule has 7 nitrogen and oxygen atoms in total. The third-order valence-corrected chi connectivity index (χ3v) is 5.63. The molecule has 0 aliphatic carbocycles. The van der Waals surface area contributed by atoms with Gasteiger partial charge in [-0.15, -0.1) is 11.3 Å². The number of piperidine rings is 1. The van der Waals surface area contributed by atoms with Crippen molar-refractivity contribution < 1.29 is 14.4 Å². The lowest BCUT2D eigenvalue weighted by Gasteiger charge is -2.40. The molecule has 1 atom stereocenters. The van der Waals surface area contributed by atoms with E-state index >= 15 is 0 Å². The van der Waals surface area contributed by atoms with Crippen LogP contribution in [0.4, 0.5) is 0 Å². The lowest BCUT2D eigenvalue weighted by Crippen LogP contribution is -2.47. The number of carbonyl (C=O) groups is 3. The van der Waals surface area contributed by atoms with Gasteiger partial charge in [-0.05, 0) is 12.8 Å². The maximum absolute atomic E-state index is 12.5. The molecule has 0 aromatic carbocycles. The maximum atomic E-state index is 12.5. The van der Waals surface area contributed by atoms with Crippen LogP contribution in [-0.4, -0.2) is 59.2 Å². The quantitative estimate of drug-likeness (QED) is 0.788. The summed E-state index contributed by atoms with van der Waals surface area (Å²) in [5.41, 5.74) is 6.90. The molecule has 1 aromatic rings. The van der Waals surface area contributed by atoms with Crippen molar-refractivity contribution in [3.63, 3.8) is 0 Å². The Hall–Kier alpha value is -1.96. The Balaban J connectivity index is 1.80. The van der Waals surface area contributed by atoms with E-state index in [1.165, 1.54) is 11.3 Å². The fraction of sp³-hybridized carbons (Fsp3) is 0.571. The van der Waals surface area contributed by atoms with Crippen LogP contribution in [0.15, 0.2) is 11.7 Å². The summed E-state index contributed by atoms with van der Waals surface area (Å²) >= 11 is 1.29. The minimum Gasteiger partial charge on any atom is -0.369 e. The van der Waals surface area contributed by atoms with E-state index in [1.807, 2.05) is 0 Å². The van der Waals surface area contributed by atoms with Crippen molar-refractivity contribution in [1.82, 2.24) is 14.8 Å². The van der Waals surface area contributed by atoms with Crippen molar-refractivity contribution in [2.45, 2.75) is 12.8 Å². The van der Waals surface area contributed by atoms with Crippen molar-refractivity contribution in [3.8, 4) is 0 Å². The molecular formula is C14H18N4O3S. The van der Waals surface area contributed by atoms with Crippen molar-refractivity contribution in [1.29, 1.82) is 0 Å². The smallest absolute Gasteiger partial charge is 0.265 e. The number of nitrogens with zero attached hydrogens (tertiary/aromatic N) is 3. The molecule has 1 aromatic heterocycles. The number of thiazole rings is 1. The number of rotatable bonds is 3. The van der Waals surface area contributed by atoms with Gasteiger partial charge in [0.25, 0.3) is 5.91 Å². The predicted octanol–water partition coefficient (Wildman–Crippen LogP) is -0.0610. The van der Waals surface area contributed by atoms with Gasteiger partial charge in [0.1, 0.15) is 4.88 Å². The van der Waals surface area contributed by atoms with Crippen LogP contribution in [0.3, 0.4) is 0 Å². The van der Waals surface area contributed by atoms with E-state index in [2.05, 4.69) is 4.98 Å². The first-order valence-corrected chi connectivity index (χ1v) is 8.10. The second kappa shape index (κ2) is 5.68. The third kappa shape index (κ3) is 2.47. The number of likely N-dealkylation sites (tertiary alicyclic amines) is 2. The highest BCUT2D eigenvalue weighted by Gasteiger charge is 2.51. The van der Waals surface area contributed by atoms with Gasteiger partial charge < -0.3 is 15.5 Å². The fourth-order valence-electron chi connectivity index (χ4n) is 3.57. The van der Waals surface area contributed by atoms with Crippen LogP contribution in [0.2, 0.25) is 0 Å². The highest BCUT2D eigenvalue weighted by molar-refractivity contribution is 7.11. The van der Waals surface area contributed by atoms with Crippen molar-refractivity contribution in [3.05, 3.63) is 16.6 Å². The average Bonchev–Trinajstić information content (AvgIpc) is 3.16. The molecule has 3 heterocycles. The molecule has 3 amide bonds. The fourth-order valence-corrected chi connectivity index (χ4v) is 4.16. The van der Waals surface area contributed by atoms with Gasteiger partial charge in [-0.3, -0.25) is 19.4 Å². The van der Waals surface area contributed by atoms with E-state index in [0.29, 0.717) is 43.9 Å². The predicted molar refractivity (Wildman–Crippen MR) is 80.0 cm³/mol. The first kappa shape index (κ1) is 15.0. The van der Waals surface area contributed by atoms with Gasteiger partial charge in [-0.1, -0.05) is 0 Å². The molecule has 3 rings (SSSR count). The SMILES string of the molecule is NC(=O)C1CN(C(=O)c2cncs2)CC12CCN(C=O)CC2. The Morgan fingerprint density at radius 3 is 2.68 bits per heavy atom. The topological polar surface area (TPSA) is 96.6 Å².